The van der Waals surface area contributed by atoms with Crippen LogP contribution in [0.1, 0.15) is 51.5 Å². The van der Waals surface area contributed by atoms with E-state index in [1.165, 1.54) is 6.42 Å². The van der Waals surface area contributed by atoms with Gasteiger partial charge in [0.25, 0.3) is 0 Å². The van der Waals surface area contributed by atoms with Gasteiger partial charge in [0.15, 0.2) is 0 Å². The van der Waals surface area contributed by atoms with E-state index >= 15 is 0 Å². The van der Waals surface area contributed by atoms with Gasteiger partial charge in [-0.15, -0.1) is 0 Å². The second kappa shape index (κ2) is 6.61. The van der Waals surface area contributed by atoms with Gasteiger partial charge in [0.05, 0.1) is 6.04 Å². The Labute approximate surface area is 153 Å². The number of hydrogen-bond acceptors (Lipinski definition) is 3. The van der Waals surface area contributed by atoms with E-state index in [0.29, 0.717) is 17.1 Å². The summed E-state index contributed by atoms with van der Waals surface area (Å²) in [5.74, 6) is -0.323. The first-order chi connectivity index (χ1) is 11.9. The maximum atomic E-state index is 12.1. The predicted molar refractivity (Wildman–Crippen MR) is 99.6 cm³/mol. The van der Waals surface area contributed by atoms with E-state index in [1.54, 1.807) is 6.07 Å². The summed E-state index contributed by atoms with van der Waals surface area (Å²) in [6.45, 7) is 4.27. The minimum atomic E-state index is -0.386. The Morgan fingerprint density at radius 3 is 2.64 bits per heavy atom. The number of amides is 2. The van der Waals surface area contributed by atoms with Crippen molar-refractivity contribution in [2.24, 2.45) is 11.7 Å². The van der Waals surface area contributed by atoms with Crippen molar-refractivity contribution in [2.45, 2.75) is 62.9 Å². The lowest BCUT2D eigenvalue weighted by Crippen LogP contribution is -2.56. The molecule has 1 aromatic carbocycles. The number of rotatable bonds is 4. The van der Waals surface area contributed by atoms with Crippen molar-refractivity contribution in [1.29, 1.82) is 0 Å². The van der Waals surface area contributed by atoms with Crippen molar-refractivity contribution in [3.63, 3.8) is 0 Å². The van der Waals surface area contributed by atoms with Crippen LogP contribution in [0.2, 0.25) is 5.02 Å². The Kier molecular flexibility index (Phi) is 4.82. The molecule has 0 radical (unpaired) electrons. The number of nitrogens with two attached hydrogens (primary N) is 1. The van der Waals surface area contributed by atoms with E-state index in [4.69, 9.17) is 17.3 Å². The number of benzene rings is 1. The van der Waals surface area contributed by atoms with Gasteiger partial charge in [0.1, 0.15) is 0 Å². The maximum absolute atomic E-state index is 12.1. The third-order valence-electron chi connectivity index (χ3n) is 6.61. The highest BCUT2D eigenvalue weighted by Gasteiger charge is 2.61. The summed E-state index contributed by atoms with van der Waals surface area (Å²) in [5.41, 5.74) is 6.86. The van der Waals surface area contributed by atoms with E-state index in [0.717, 1.165) is 31.2 Å². The van der Waals surface area contributed by atoms with E-state index < -0.39 is 0 Å². The summed E-state index contributed by atoms with van der Waals surface area (Å²) < 4.78 is 0. The van der Waals surface area contributed by atoms with Gasteiger partial charge < -0.3 is 11.1 Å². The van der Waals surface area contributed by atoms with Crippen LogP contribution < -0.4 is 16.4 Å². The van der Waals surface area contributed by atoms with Crippen LogP contribution in [-0.2, 0) is 15.0 Å². The zero-order valence-electron chi connectivity index (χ0n) is 14.8. The second-order valence-electron chi connectivity index (χ2n) is 7.61. The average Bonchev–Trinajstić information content (AvgIpc) is 2.79. The Bertz CT molecular complexity index is 687. The van der Waals surface area contributed by atoms with E-state index in [2.05, 4.69) is 24.5 Å². The number of primary amides is 1. The van der Waals surface area contributed by atoms with E-state index in [1.807, 2.05) is 12.1 Å². The van der Waals surface area contributed by atoms with Gasteiger partial charge in [0.2, 0.25) is 12.3 Å². The molecule has 1 saturated heterocycles. The molecule has 0 bridgehead atoms. The lowest BCUT2D eigenvalue weighted by Gasteiger charge is -2.49. The summed E-state index contributed by atoms with van der Waals surface area (Å²) in [4.78, 5) is 23.2. The van der Waals surface area contributed by atoms with Crippen LogP contribution in [0.15, 0.2) is 18.2 Å². The van der Waals surface area contributed by atoms with Crippen molar-refractivity contribution in [3.05, 3.63) is 28.8 Å². The van der Waals surface area contributed by atoms with Gasteiger partial charge in [-0.1, -0.05) is 50.8 Å². The van der Waals surface area contributed by atoms with Crippen LogP contribution in [0.5, 0.6) is 0 Å². The Morgan fingerprint density at radius 2 is 2.04 bits per heavy atom. The molecule has 136 valence electrons. The zero-order chi connectivity index (χ0) is 18.2. The molecule has 2 fully saturated rings. The number of hydrogen-bond donors (Lipinski definition) is 3. The highest BCUT2D eigenvalue weighted by molar-refractivity contribution is 6.31. The smallest absolute Gasteiger partial charge is 0.234 e. The highest BCUT2D eigenvalue weighted by Crippen LogP contribution is 2.55. The van der Waals surface area contributed by atoms with Crippen LogP contribution in [-0.4, -0.2) is 23.9 Å². The minimum Gasteiger partial charge on any atom is -0.368 e. The molecule has 1 saturated carbocycles. The molecule has 1 aliphatic heterocycles. The molecule has 1 spiro atoms. The van der Waals surface area contributed by atoms with Gasteiger partial charge in [-0.25, -0.2) is 0 Å². The molecule has 6 heteroatoms. The van der Waals surface area contributed by atoms with Crippen LogP contribution in [0.3, 0.4) is 0 Å². The Balaban J connectivity index is 2.18. The summed E-state index contributed by atoms with van der Waals surface area (Å²) in [5, 5.41) is 6.97. The van der Waals surface area contributed by atoms with Gasteiger partial charge >= 0.3 is 0 Å². The molecule has 0 aromatic heterocycles. The first-order valence-electron chi connectivity index (χ1n) is 8.93. The summed E-state index contributed by atoms with van der Waals surface area (Å²) in [7, 11) is 0. The van der Waals surface area contributed by atoms with Crippen molar-refractivity contribution >= 4 is 29.6 Å². The third kappa shape index (κ3) is 2.74. The number of carbonyl (C=O) groups excluding carboxylic acids is 2. The number of anilines is 1. The standard InChI is InChI=1S/C19H26ClN3O2/c1-12-16(17(21)25)23-19(8-4-3-5-9-19)18(12,2)14-7-6-13(20)10-15(14)22-11-24/h6-7,10-12,16,23H,3-5,8-9H2,1-2H3,(H2,21,25)(H,22,24)/t12-,16?,18-/m0/s1. The van der Waals surface area contributed by atoms with Gasteiger partial charge in [-0.3, -0.25) is 14.9 Å². The van der Waals surface area contributed by atoms with Crippen LogP contribution >= 0.6 is 11.6 Å². The Hall–Kier alpha value is -1.59. The summed E-state index contributed by atoms with van der Waals surface area (Å²) in [6, 6.07) is 5.21. The van der Waals surface area contributed by atoms with E-state index in [-0.39, 0.29) is 28.8 Å². The molecule has 5 nitrogen and oxygen atoms in total. The summed E-state index contributed by atoms with van der Waals surface area (Å²) in [6.07, 6.45) is 6.08. The SMILES string of the molecule is C[C@H]1C(C(N)=O)NC2(CCCCC2)[C@]1(C)c1ccc(Cl)cc1NC=O. The lowest BCUT2D eigenvalue weighted by atomic mass is 9.57. The lowest BCUT2D eigenvalue weighted by molar-refractivity contribution is -0.120. The molecule has 3 atom stereocenters. The first kappa shape index (κ1) is 18.2. The number of halogens is 1. The van der Waals surface area contributed by atoms with Crippen molar-refractivity contribution in [3.8, 4) is 0 Å². The van der Waals surface area contributed by atoms with Crippen LogP contribution in [0.25, 0.3) is 0 Å². The highest BCUT2D eigenvalue weighted by atomic mass is 35.5. The van der Waals surface area contributed by atoms with Crippen LogP contribution in [0, 0.1) is 5.92 Å². The zero-order valence-corrected chi connectivity index (χ0v) is 15.5. The Morgan fingerprint density at radius 1 is 1.36 bits per heavy atom. The molecule has 2 aliphatic rings. The van der Waals surface area contributed by atoms with Crippen LogP contribution in [0.4, 0.5) is 5.69 Å². The molecule has 1 aromatic rings. The molecular weight excluding hydrogens is 338 g/mol. The molecule has 1 unspecified atom stereocenters. The largest absolute Gasteiger partial charge is 0.368 e. The number of carbonyl (C=O) groups is 2. The third-order valence-corrected chi connectivity index (χ3v) is 6.84. The second-order valence-corrected chi connectivity index (χ2v) is 8.05. The van der Waals surface area contributed by atoms with Crippen molar-refractivity contribution in [1.82, 2.24) is 5.32 Å². The van der Waals surface area contributed by atoms with E-state index in [9.17, 15) is 9.59 Å². The maximum Gasteiger partial charge on any atom is 0.234 e. The molecule has 2 amide bonds. The molecule has 1 heterocycles. The fourth-order valence-corrected chi connectivity index (χ4v) is 5.31. The van der Waals surface area contributed by atoms with Gasteiger partial charge in [-0.2, -0.15) is 0 Å². The molecule has 1 aliphatic carbocycles. The molecule has 3 rings (SSSR count). The molecular formula is C19H26ClN3O2. The molecule has 25 heavy (non-hydrogen) atoms. The van der Waals surface area contributed by atoms with Crippen molar-refractivity contribution in [2.75, 3.05) is 5.32 Å². The normalized spacial score (nSPS) is 31.0. The quantitative estimate of drug-likeness (QED) is 0.719. The fraction of sp³-hybridized carbons (Fsp3) is 0.579. The topological polar surface area (TPSA) is 84.2 Å². The fourth-order valence-electron chi connectivity index (χ4n) is 5.13. The first-order valence-corrected chi connectivity index (χ1v) is 9.31. The number of nitrogens with one attached hydrogen (secondary N) is 2. The van der Waals surface area contributed by atoms with Gasteiger partial charge in [0, 0.05) is 21.7 Å². The summed E-state index contributed by atoms with van der Waals surface area (Å²) >= 11 is 6.15. The monoisotopic (exact) mass is 363 g/mol. The minimum absolute atomic E-state index is 0.00326. The van der Waals surface area contributed by atoms with Crippen molar-refractivity contribution < 1.29 is 9.59 Å². The average molecular weight is 364 g/mol. The van der Waals surface area contributed by atoms with Gasteiger partial charge in [-0.05, 0) is 36.5 Å². The predicted octanol–water partition coefficient (Wildman–Crippen LogP) is 2.96. The molecule has 4 N–H and O–H groups in total.